The Kier molecular flexibility index (Phi) is 7.02. The molecule has 1 rings (SSSR count). The van der Waals surface area contributed by atoms with Crippen LogP contribution in [0.2, 0.25) is 5.02 Å². The standard InChI is InChI=1S/C13H20ClN3OS/c1-4-15-12-7-10(11(14)8-17-12)13(18)16-6-5-9(2)19-3/h7-9H,4-6H2,1-3H3,(H,15,17)(H,16,18). The molecule has 1 amide bonds. The summed E-state index contributed by atoms with van der Waals surface area (Å²) in [5.41, 5.74) is 0.462. The molecule has 106 valence electrons. The molecular formula is C13H20ClN3OS. The molecule has 2 N–H and O–H groups in total. The summed E-state index contributed by atoms with van der Waals surface area (Å²) in [4.78, 5) is 16.1. The SMILES string of the molecule is CCNc1cc(C(=O)NCCC(C)SC)c(Cl)cn1. The fourth-order valence-corrected chi connectivity index (χ4v) is 2.04. The van der Waals surface area contributed by atoms with Crippen LogP contribution in [-0.2, 0) is 0 Å². The van der Waals surface area contributed by atoms with Crippen LogP contribution in [-0.4, -0.2) is 35.5 Å². The van der Waals surface area contributed by atoms with Crippen LogP contribution in [0.3, 0.4) is 0 Å². The lowest BCUT2D eigenvalue weighted by molar-refractivity contribution is 0.0953. The van der Waals surface area contributed by atoms with E-state index >= 15 is 0 Å². The predicted octanol–water partition coefficient (Wildman–Crippen LogP) is 3.04. The third-order valence-corrected chi connectivity index (χ3v) is 4.04. The highest BCUT2D eigenvalue weighted by atomic mass is 35.5. The lowest BCUT2D eigenvalue weighted by Gasteiger charge is -2.11. The van der Waals surface area contributed by atoms with Crippen molar-refractivity contribution in [3.8, 4) is 0 Å². The highest BCUT2D eigenvalue weighted by molar-refractivity contribution is 7.99. The molecule has 1 unspecified atom stereocenters. The van der Waals surface area contributed by atoms with E-state index in [4.69, 9.17) is 11.6 Å². The van der Waals surface area contributed by atoms with Crippen molar-refractivity contribution in [1.29, 1.82) is 0 Å². The lowest BCUT2D eigenvalue weighted by atomic mass is 10.2. The minimum atomic E-state index is -0.153. The van der Waals surface area contributed by atoms with E-state index in [0.29, 0.717) is 28.2 Å². The minimum absolute atomic E-state index is 0.153. The quantitative estimate of drug-likeness (QED) is 0.813. The zero-order chi connectivity index (χ0) is 14.3. The summed E-state index contributed by atoms with van der Waals surface area (Å²) >= 11 is 7.79. The third-order valence-electron chi connectivity index (χ3n) is 2.70. The Morgan fingerprint density at radius 3 is 2.95 bits per heavy atom. The molecule has 1 aromatic rings. The van der Waals surface area contributed by atoms with Gasteiger partial charge in [-0.15, -0.1) is 0 Å². The van der Waals surface area contributed by atoms with Crippen LogP contribution in [0.5, 0.6) is 0 Å². The highest BCUT2D eigenvalue weighted by Crippen LogP contribution is 2.18. The molecule has 1 aromatic heterocycles. The van der Waals surface area contributed by atoms with Crippen LogP contribution in [0, 0.1) is 0 Å². The number of nitrogens with zero attached hydrogens (tertiary/aromatic N) is 1. The van der Waals surface area contributed by atoms with E-state index in [-0.39, 0.29) is 5.91 Å². The molecule has 0 bridgehead atoms. The number of carbonyl (C=O) groups is 1. The van der Waals surface area contributed by atoms with Gasteiger partial charge in [0.2, 0.25) is 0 Å². The Balaban J connectivity index is 2.62. The highest BCUT2D eigenvalue weighted by Gasteiger charge is 2.12. The zero-order valence-corrected chi connectivity index (χ0v) is 13.1. The number of hydrogen-bond acceptors (Lipinski definition) is 4. The van der Waals surface area contributed by atoms with Gasteiger partial charge in [-0.05, 0) is 25.7 Å². The van der Waals surface area contributed by atoms with Crippen molar-refractivity contribution in [2.75, 3.05) is 24.7 Å². The van der Waals surface area contributed by atoms with Crippen molar-refractivity contribution in [1.82, 2.24) is 10.3 Å². The molecule has 0 aromatic carbocycles. The van der Waals surface area contributed by atoms with Crippen LogP contribution >= 0.6 is 23.4 Å². The summed E-state index contributed by atoms with van der Waals surface area (Å²) in [7, 11) is 0. The van der Waals surface area contributed by atoms with E-state index in [1.165, 1.54) is 6.20 Å². The molecule has 6 heteroatoms. The number of pyridine rings is 1. The third kappa shape index (κ3) is 5.28. The van der Waals surface area contributed by atoms with Gasteiger partial charge in [0.1, 0.15) is 5.82 Å². The zero-order valence-electron chi connectivity index (χ0n) is 11.5. The predicted molar refractivity (Wildman–Crippen MR) is 83.3 cm³/mol. The number of anilines is 1. The van der Waals surface area contributed by atoms with Gasteiger partial charge in [-0.25, -0.2) is 4.98 Å². The van der Waals surface area contributed by atoms with E-state index in [0.717, 1.165) is 13.0 Å². The number of hydrogen-bond donors (Lipinski definition) is 2. The summed E-state index contributed by atoms with van der Waals surface area (Å²) < 4.78 is 0. The average molecular weight is 302 g/mol. The van der Waals surface area contributed by atoms with E-state index < -0.39 is 0 Å². The van der Waals surface area contributed by atoms with Crippen LogP contribution in [0.25, 0.3) is 0 Å². The first-order chi connectivity index (χ1) is 9.08. The summed E-state index contributed by atoms with van der Waals surface area (Å²) in [6.07, 6.45) is 4.50. The second-order valence-electron chi connectivity index (χ2n) is 4.17. The Bertz CT molecular complexity index is 428. The number of thioether (sulfide) groups is 1. The maximum absolute atomic E-state index is 12.0. The van der Waals surface area contributed by atoms with E-state index in [9.17, 15) is 4.79 Å². The van der Waals surface area contributed by atoms with Crippen molar-refractivity contribution in [3.05, 3.63) is 22.8 Å². The molecular weight excluding hydrogens is 282 g/mol. The number of aromatic nitrogens is 1. The molecule has 19 heavy (non-hydrogen) atoms. The molecule has 0 radical (unpaired) electrons. The van der Waals surface area contributed by atoms with Crippen LogP contribution in [0.15, 0.2) is 12.3 Å². The van der Waals surface area contributed by atoms with E-state index in [2.05, 4.69) is 28.8 Å². The summed E-state index contributed by atoms with van der Waals surface area (Å²) in [5, 5.41) is 6.85. The number of rotatable bonds is 7. The van der Waals surface area contributed by atoms with Gasteiger partial charge in [-0.3, -0.25) is 4.79 Å². The monoisotopic (exact) mass is 301 g/mol. The van der Waals surface area contributed by atoms with Gasteiger partial charge in [0, 0.05) is 24.5 Å². The van der Waals surface area contributed by atoms with Gasteiger partial charge in [-0.2, -0.15) is 11.8 Å². The summed E-state index contributed by atoms with van der Waals surface area (Å²) in [6, 6.07) is 1.68. The van der Waals surface area contributed by atoms with Crippen LogP contribution < -0.4 is 10.6 Å². The lowest BCUT2D eigenvalue weighted by Crippen LogP contribution is -2.26. The molecule has 0 saturated heterocycles. The first-order valence-corrected chi connectivity index (χ1v) is 7.95. The van der Waals surface area contributed by atoms with Crippen LogP contribution in [0.4, 0.5) is 5.82 Å². The van der Waals surface area contributed by atoms with Crippen molar-refractivity contribution in [2.24, 2.45) is 0 Å². The fraction of sp³-hybridized carbons (Fsp3) is 0.538. The van der Waals surface area contributed by atoms with Crippen molar-refractivity contribution in [2.45, 2.75) is 25.5 Å². The Morgan fingerprint density at radius 1 is 1.58 bits per heavy atom. The molecule has 0 spiro atoms. The molecule has 1 atom stereocenters. The number of halogens is 1. The van der Waals surface area contributed by atoms with Gasteiger partial charge in [0.25, 0.3) is 5.91 Å². The Labute approximate surface area is 123 Å². The first kappa shape index (κ1) is 16.1. The second kappa shape index (κ2) is 8.27. The summed E-state index contributed by atoms with van der Waals surface area (Å²) in [6.45, 7) is 5.51. The van der Waals surface area contributed by atoms with Crippen LogP contribution in [0.1, 0.15) is 30.6 Å². The van der Waals surface area contributed by atoms with Gasteiger partial charge in [0.15, 0.2) is 0 Å². The molecule has 0 aliphatic carbocycles. The molecule has 0 saturated carbocycles. The van der Waals surface area contributed by atoms with Gasteiger partial charge in [0.05, 0.1) is 10.6 Å². The summed E-state index contributed by atoms with van der Waals surface area (Å²) in [5.74, 6) is 0.509. The maximum Gasteiger partial charge on any atom is 0.252 e. The Morgan fingerprint density at radius 2 is 2.32 bits per heavy atom. The van der Waals surface area contributed by atoms with Crippen molar-refractivity contribution in [3.63, 3.8) is 0 Å². The smallest absolute Gasteiger partial charge is 0.252 e. The topological polar surface area (TPSA) is 54.0 Å². The normalized spacial score (nSPS) is 12.0. The van der Waals surface area contributed by atoms with Gasteiger partial charge in [-0.1, -0.05) is 18.5 Å². The fourth-order valence-electron chi connectivity index (χ4n) is 1.49. The molecule has 0 fully saturated rings. The van der Waals surface area contributed by atoms with E-state index in [1.807, 2.05) is 6.92 Å². The second-order valence-corrected chi connectivity index (χ2v) is 5.85. The largest absolute Gasteiger partial charge is 0.370 e. The number of amides is 1. The molecule has 0 aliphatic rings. The average Bonchev–Trinajstić information content (AvgIpc) is 2.40. The first-order valence-electron chi connectivity index (χ1n) is 6.28. The Hall–Kier alpha value is -0.940. The number of nitrogens with one attached hydrogen (secondary N) is 2. The molecule has 1 heterocycles. The minimum Gasteiger partial charge on any atom is -0.370 e. The molecule has 4 nitrogen and oxygen atoms in total. The van der Waals surface area contributed by atoms with E-state index in [1.54, 1.807) is 17.8 Å². The molecule has 0 aliphatic heterocycles. The van der Waals surface area contributed by atoms with Gasteiger partial charge >= 0.3 is 0 Å². The van der Waals surface area contributed by atoms with Gasteiger partial charge < -0.3 is 10.6 Å². The number of carbonyl (C=O) groups excluding carboxylic acids is 1. The maximum atomic E-state index is 12.0. The van der Waals surface area contributed by atoms with Crippen molar-refractivity contribution < 1.29 is 4.79 Å². The van der Waals surface area contributed by atoms with Crippen molar-refractivity contribution >= 4 is 35.1 Å².